The fourth-order valence-corrected chi connectivity index (χ4v) is 5.57. The van der Waals surface area contributed by atoms with Gasteiger partial charge < -0.3 is 44.1 Å². The Hall–Kier alpha value is -2.60. The van der Waals surface area contributed by atoms with Crippen LogP contribution in [0.25, 0.3) is 0 Å². The first-order valence-corrected chi connectivity index (χ1v) is 11.8. The van der Waals surface area contributed by atoms with Crippen LogP contribution in [-0.2, 0) is 24.1 Å². The van der Waals surface area contributed by atoms with Gasteiger partial charge in [0, 0.05) is 24.7 Å². The molecule has 6 rings (SSSR count). The molecule has 0 saturated carbocycles. The fourth-order valence-electron chi connectivity index (χ4n) is 5.57. The van der Waals surface area contributed by atoms with Crippen molar-refractivity contribution in [2.75, 3.05) is 27.1 Å². The van der Waals surface area contributed by atoms with E-state index in [1.165, 1.54) is 18.2 Å². The van der Waals surface area contributed by atoms with Crippen molar-refractivity contribution < 1.29 is 44.1 Å². The van der Waals surface area contributed by atoms with Crippen LogP contribution in [0.3, 0.4) is 0 Å². The number of benzene rings is 2. The molecule has 188 valence electrons. The van der Waals surface area contributed by atoms with E-state index in [1.807, 2.05) is 12.1 Å². The van der Waals surface area contributed by atoms with Crippen LogP contribution in [0.5, 0.6) is 23.0 Å². The average Bonchev–Trinajstić information content (AvgIpc) is 3.34. The number of hydrogen-bond donors (Lipinski definition) is 4. The summed E-state index contributed by atoms with van der Waals surface area (Å²) in [6.07, 6.45) is -5.19. The molecule has 0 unspecified atom stereocenters. The molecule has 0 radical (unpaired) electrons. The lowest BCUT2D eigenvalue weighted by Gasteiger charge is -2.43. The number of aliphatic hydroxyl groups is 4. The van der Waals surface area contributed by atoms with Crippen molar-refractivity contribution in [1.29, 1.82) is 0 Å². The Bertz CT molecular complexity index is 1120. The van der Waals surface area contributed by atoms with Crippen molar-refractivity contribution in [3.8, 4) is 23.0 Å². The maximum atomic E-state index is 10.5. The molecule has 6 atom stereocenters. The predicted octanol–water partition coefficient (Wildman–Crippen LogP) is 0.258. The van der Waals surface area contributed by atoms with Gasteiger partial charge in [-0.1, -0.05) is 6.07 Å². The Morgan fingerprint density at radius 3 is 2.60 bits per heavy atom. The molecule has 2 aromatic carbocycles. The Morgan fingerprint density at radius 1 is 1.03 bits per heavy atom. The SMILES string of the molecule is COc1ccc2c(c1O[C@H]1O[C@@H](CO)[C@H](O)[C@@H](O)[C@@H]1O)CN1CCc3cc4c(cc3[C@H]1C2)OCO4. The fraction of sp³-hybridized carbons (Fsp3) is 0.520. The van der Waals surface area contributed by atoms with Gasteiger partial charge in [-0.15, -0.1) is 0 Å². The van der Waals surface area contributed by atoms with Crippen molar-refractivity contribution in [1.82, 2.24) is 4.90 Å². The molecular formula is C25H29NO9. The summed E-state index contributed by atoms with van der Waals surface area (Å²) in [6, 6.07) is 8.19. The van der Waals surface area contributed by atoms with E-state index in [0.29, 0.717) is 18.0 Å². The van der Waals surface area contributed by atoms with Crippen molar-refractivity contribution in [3.05, 3.63) is 46.5 Å². The second kappa shape index (κ2) is 8.81. The highest BCUT2D eigenvalue weighted by Crippen LogP contribution is 2.47. The molecule has 10 nitrogen and oxygen atoms in total. The van der Waals surface area contributed by atoms with Gasteiger partial charge in [0.25, 0.3) is 0 Å². The molecular weight excluding hydrogens is 458 g/mol. The van der Waals surface area contributed by atoms with Gasteiger partial charge in [-0.05, 0) is 47.7 Å². The molecule has 10 heteroatoms. The van der Waals surface area contributed by atoms with Crippen molar-refractivity contribution in [2.45, 2.75) is 56.1 Å². The van der Waals surface area contributed by atoms with Crippen LogP contribution in [0.15, 0.2) is 24.3 Å². The summed E-state index contributed by atoms with van der Waals surface area (Å²) < 4.78 is 28.4. The molecule has 0 aromatic heterocycles. The lowest BCUT2D eigenvalue weighted by molar-refractivity contribution is -0.277. The normalized spacial score (nSPS) is 31.3. The highest BCUT2D eigenvalue weighted by molar-refractivity contribution is 5.55. The highest BCUT2D eigenvalue weighted by Gasteiger charge is 2.45. The standard InChI is InChI=1S/C25H29NO9/c1-31-17-3-2-12-6-16-14-8-19-18(32-11-33-19)7-13(14)4-5-26(16)9-15(12)24(17)35-25-23(30)22(29)21(28)20(10-27)34-25/h2-3,7-8,16,20-23,25,27-30H,4-6,9-11H2,1H3/t16-,20+,21+,22-,23+,25-/m1/s1. The number of fused-ring (bicyclic) bond motifs is 5. The van der Waals surface area contributed by atoms with E-state index < -0.39 is 37.3 Å². The Morgan fingerprint density at radius 2 is 1.83 bits per heavy atom. The van der Waals surface area contributed by atoms with Gasteiger partial charge in [-0.25, -0.2) is 0 Å². The first kappa shape index (κ1) is 22.8. The second-order valence-corrected chi connectivity index (χ2v) is 9.39. The minimum absolute atomic E-state index is 0.175. The number of methoxy groups -OCH3 is 1. The largest absolute Gasteiger partial charge is 0.493 e. The molecule has 0 amide bonds. The van der Waals surface area contributed by atoms with Gasteiger partial charge in [0.05, 0.1) is 13.7 Å². The van der Waals surface area contributed by atoms with E-state index >= 15 is 0 Å². The van der Waals surface area contributed by atoms with Gasteiger partial charge in [0.15, 0.2) is 23.0 Å². The molecule has 4 N–H and O–H groups in total. The molecule has 4 aliphatic rings. The van der Waals surface area contributed by atoms with Crippen molar-refractivity contribution in [2.24, 2.45) is 0 Å². The van der Waals surface area contributed by atoms with Crippen LogP contribution >= 0.6 is 0 Å². The molecule has 2 aromatic rings. The number of nitrogens with zero attached hydrogens (tertiary/aromatic N) is 1. The summed E-state index contributed by atoms with van der Waals surface area (Å²) in [5, 5.41) is 40.3. The molecule has 1 saturated heterocycles. The first-order chi connectivity index (χ1) is 17.0. The lowest BCUT2D eigenvalue weighted by Crippen LogP contribution is -2.60. The maximum Gasteiger partial charge on any atom is 0.231 e. The van der Waals surface area contributed by atoms with Crippen LogP contribution in [0.2, 0.25) is 0 Å². The third kappa shape index (κ3) is 3.72. The zero-order valence-corrected chi connectivity index (χ0v) is 19.3. The predicted molar refractivity (Wildman–Crippen MR) is 121 cm³/mol. The van der Waals surface area contributed by atoms with Crippen LogP contribution in [0, 0.1) is 0 Å². The summed E-state index contributed by atoms with van der Waals surface area (Å²) in [6.45, 7) is 1.17. The topological polar surface area (TPSA) is 130 Å². The summed E-state index contributed by atoms with van der Waals surface area (Å²) >= 11 is 0. The second-order valence-electron chi connectivity index (χ2n) is 9.39. The van der Waals surface area contributed by atoms with E-state index in [4.69, 9.17) is 23.7 Å². The smallest absolute Gasteiger partial charge is 0.231 e. The molecule has 4 heterocycles. The Balaban J connectivity index is 1.33. The number of hydrogen-bond acceptors (Lipinski definition) is 10. The van der Waals surface area contributed by atoms with Gasteiger partial charge >= 0.3 is 0 Å². The molecule has 0 spiro atoms. The first-order valence-electron chi connectivity index (χ1n) is 11.8. The zero-order chi connectivity index (χ0) is 24.3. The monoisotopic (exact) mass is 487 g/mol. The van der Waals surface area contributed by atoms with Gasteiger partial charge in [0.2, 0.25) is 13.1 Å². The number of aliphatic hydroxyl groups excluding tert-OH is 4. The Kier molecular flexibility index (Phi) is 5.75. The van der Waals surface area contributed by atoms with Gasteiger partial charge in [-0.3, -0.25) is 4.90 Å². The van der Waals surface area contributed by atoms with E-state index in [1.54, 1.807) is 0 Å². The minimum atomic E-state index is -1.52. The molecule has 4 aliphatic heterocycles. The molecule has 0 bridgehead atoms. The van der Waals surface area contributed by atoms with Crippen molar-refractivity contribution >= 4 is 0 Å². The summed E-state index contributed by atoms with van der Waals surface area (Å²) in [5.74, 6) is 2.47. The van der Waals surface area contributed by atoms with Crippen LogP contribution in [0.1, 0.15) is 28.3 Å². The summed E-state index contributed by atoms with van der Waals surface area (Å²) in [5.41, 5.74) is 4.50. The van der Waals surface area contributed by atoms with E-state index in [0.717, 1.165) is 42.0 Å². The van der Waals surface area contributed by atoms with E-state index in [2.05, 4.69) is 17.0 Å². The van der Waals surface area contributed by atoms with Gasteiger partial charge in [0.1, 0.15) is 24.4 Å². The highest BCUT2D eigenvalue weighted by atomic mass is 16.7. The third-order valence-corrected chi connectivity index (χ3v) is 7.50. The minimum Gasteiger partial charge on any atom is -0.493 e. The Labute approximate surface area is 202 Å². The molecule has 0 aliphatic carbocycles. The number of ether oxygens (including phenoxy) is 5. The number of rotatable bonds is 4. The maximum absolute atomic E-state index is 10.5. The molecule has 35 heavy (non-hydrogen) atoms. The van der Waals surface area contributed by atoms with E-state index in [9.17, 15) is 20.4 Å². The quantitative estimate of drug-likeness (QED) is 0.476. The average molecular weight is 488 g/mol. The van der Waals surface area contributed by atoms with E-state index in [-0.39, 0.29) is 12.8 Å². The van der Waals surface area contributed by atoms with Crippen LogP contribution < -0.4 is 18.9 Å². The summed E-state index contributed by atoms with van der Waals surface area (Å²) in [4.78, 5) is 2.38. The third-order valence-electron chi connectivity index (χ3n) is 7.50. The van der Waals surface area contributed by atoms with Crippen LogP contribution in [-0.4, -0.2) is 83.1 Å². The molecule has 1 fully saturated rings. The van der Waals surface area contributed by atoms with Crippen LogP contribution in [0.4, 0.5) is 0 Å². The lowest BCUT2D eigenvalue weighted by atomic mass is 9.83. The summed E-state index contributed by atoms with van der Waals surface area (Å²) in [7, 11) is 1.54. The van der Waals surface area contributed by atoms with Crippen molar-refractivity contribution in [3.63, 3.8) is 0 Å². The zero-order valence-electron chi connectivity index (χ0n) is 19.3. The van der Waals surface area contributed by atoms with Gasteiger partial charge in [-0.2, -0.15) is 0 Å².